The molecule has 3 aromatic carbocycles. The maximum Gasteiger partial charge on any atom is 0.143 e. The van der Waals surface area contributed by atoms with E-state index in [0.29, 0.717) is 6.61 Å². The summed E-state index contributed by atoms with van der Waals surface area (Å²) in [7, 11) is 0. The quantitative estimate of drug-likeness (QED) is 0.632. The number of fused-ring (bicyclic) bond motifs is 4. The topological polar surface area (TPSA) is 21.3 Å². The van der Waals surface area contributed by atoms with Crippen LogP contribution in [-0.2, 0) is 6.61 Å². The van der Waals surface area contributed by atoms with Crippen molar-refractivity contribution >= 4 is 22.1 Å². The van der Waals surface area contributed by atoms with Gasteiger partial charge in [-0.05, 0) is 17.5 Å². The van der Waals surface area contributed by atoms with Gasteiger partial charge < -0.3 is 10.1 Å². The number of para-hydroxylation sites is 2. The third-order valence-electron chi connectivity index (χ3n) is 3.55. The Morgan fingerprint density at radius 1 is 0.842 bits per heavy atom. The molecule has 1 aliphatic rings. The molecule has 4 rings (SSSR count). The highest BCUT2D eigenvalue weighted by Crippen LogP contribution is 2.37. The molecule has 0 fully saturated rings. The number of benzene rings is 3. The maximum atomic E-state index is 5.86. The molecule has 0 atom stereocenters. The molecule has 1 aliphatic heterocycles. The molecule has 2 nitrogen and oxygen atoms in total. The Morgan fingerprint density at radius 2 is 1.68 bits per heavy atom. The van der Waals surface area contributed by atoms with Crippen LogP contribution in [0.25, 0.3) is 10.8 Å². The lowest BCUT2D eigenvalue weighted by atomic mass is 10.0. The number of anilines is 2. The molecule has 0 spiro atoms. The summed E-state index contributed by atoms with van der Waals surface area (Å²) in [4.78, 5) is 0. The third-order valence-corrected chi connectivity index (χ3v) is 3.55. The standard InChI is InChI=1S/C17H13NO/c1-2-6-14-12(5-1)9-10-13-11-19-16-8-4-3-7-15(16)18-17(13)14/h1-10,18H,11H2. The summed E-state index contributed by atoms with van der Waals surface area (Å²) >= 11 is 0. The highest BCUT2D eigenvalue weighted by Gasteiger charge is 2.14. The lowest BCUT2D eigenvalue weighted by Crippen LogP contribution is -1.95. The average molecular weight is 247 g/mol. The van der Waals surface area contributed by atoms with Crippen molar-refractivity contribution in [3.05, 3.63) is 66.2 Å². The molecule has 0 aliphatic carbocycles. The monoisotopic (exact) mass is 247 g/mol. The predicted molar refractivity (Wildman–Crippen MR) is 78.0 cm³/mol. The minimum absolute atomic E-state index is 0.601. The van der Waals surface area contributed by atoms with Gasteiger partial charge in [0.1, 0.15) is 12.4 Å². The Hall–Kier alpha value is -2.48. The van der Waals surface area contributed by atoms with Crippen molar-refractivity contribution in [2.75, 3.05) is 5.32 Å². The second kappa shape index (κ2) is 4.02. The minimum atomic E-state index is 0.601. The number of nitrogens with one attached hydrogen (secondary N) is 1. The molecule has 0 bridgehead atoms. The van der Waals surface area contributed by atoms with Gasteiger partial charge in [0, 0.05) is 10.9 Å². The first-order chi connectivity index (χ1) is 9.42. The smallest absolute Gasteiger partial charge is 0.143 e. The Morgan fingerprint density at radius 3 is 2.68 bits per heavy atom. The first-order valence-corrected chi connectivity index (χ1v) is 6.41. The number of hydrogen-bond acceptors (Lipinski definition) is 2. The average Bonchev–Trinajstić information content (AvgIpc) is 2.66. The summed E-state index contributed by atoms with van der Waals surface area (Å²) in [6.45, 7) is 0.601. The number of rotatable bonds is 0. The highest BCUT2D eigenvalue weighted by atomic mass is 16.5. The summed E-state index contributed by atoms with van der Waals surface area (Å²) in [6.07, 6.45) is 0. The lowest BCUT2D eigenvalue weighted by Gasteiger charge is -2.11. The van der Waals surface area contributed by atoms with Crippen LogP contribution in [0.5, 0.6) is 5.75 Å². The molecule has 2 heteroatoms. The van der Waals surface area contributed by atoms with E-state index in [9.17, 15) is 0 Å². The molecular weight excluding hydrogens is 234 g/mol. The van der Waals surface area contributed by atoms with Crippen molar-refractivity contribution in [2.45, 2.75) is 6.61 Å². The summed E-state index contributed by atoms with van der Waals surface area (Å²) in [5.74, 6) is 0.905. The van der Waals surface area contributed by atoms with E-state index < -0.39 is 0 Å². The molecule has 0 saturated heterocycles. The fourth-order valence-corrected chi connectivity index (χ4v) is 2.57. The van der Waals surface area contributed by atoms with Crippen molar-refractivity contribution in [3.8, 4) is 5.75 Å². The predicted octanol–water partition coefficient (Wildman–Crippen LogP) is 4.48. The molecule has 0 aromatic heterocycles. The van der Waals surface area contributed by atoms with Crippen LogP contribution in [-0.4, -0.2) is 0 Å². The van der Waals surface area contributed by atoms with Gasteiger partial charge in [-0.1, -0.05) is 48.5 Å². The maximum absolute atomic E-state index is 5.86. The van der Waals surface area contributed by atoms with Gasteiger partial charge in [-0.3, -0.25) is 0 Å². The highest BCUT2D eigenvalue weighted by molar-refractivity contribution is 5.97. The Bertz CT molecular complexity index is 764. The molecule has 0 radical (unpaired) electrons. The van der Waals surface area contributed by atoms with Crippen LogP contribution < -0.4 is 10.1 Å². The van der Waals surface area contributed by atoms with E-state index in [4.69, 9.17) is 4.74 Å². The van der Waals surface area contributed by atoms with Gasteiger partial charge in [0.25, 0.3) is 0 Å². The molecular formula is C17H13NO. The van der Waals surface area contributed by atoms with Crippen molar-refractivity contribution in [1.29, 1.82) is 0 Å². The van der Waals surface area contributed by atoms with Crippen molar-refractivity contribution in [3.63, 3.8) is 0 Å². The van der Waals surface area contributed by atoms with E-state index >= 15 is 0 Å². The van der Waals surface area contributed by atoms with Gasteiger partial charge in [0.15, 0.2) is 0 Å². The first kappa shape index (κ1) is 10.4. The van der Waals surface area contributed by atoms with Crippen molar-refractivity contribution in [1.82, 2.24) is 0 Å². The molecule has 19 heavy (non-hydrogen) atoms. The van der Waals surface area contributed by atoms with Gasteiger partial charge in [-0.25, -0.2) is 0 Å². The van der Waals surface area contributed by atoms with Crippen LogP contribution in [0.4, 0.5) is 11.4 Å². The van der Waals surface area contributed by atoms with Crippen LogP contribution in [0.2, 0.25) is 0 Å². The molecule has 1 N–H and O–H groups in total. The minimum Gasteiger partial charge on any atom is -0.487 e. The fourth-order valence-electron chi connectivity index (χ4n) is 2.57. The van der Waals surface area contributed by atoms with Gasteiger partial charge in [-0.15, -0.1) is 0 Å². The summed E-state index contributed by atoms with van der Waals surface area (Å²) in [5.41, 5.74) is 3.37. The summed E-state index contributed by atoms with van der Waals surface area (Å²) in [6, 6.07) is 20.8. The fraction of sp³-hybridized carbons (Fsp3) is 0.0588. The van der Waals surface area contributed by atoms with Crippen LogP contribution in [0.1, 0.15) is 5.56 Å². The molecule has 0 unspecified atom stereocenters. The molecule has 3 aromatic rings. The second-order valence-corrected chi connectivity index (χ2v) is 4.73. The zero-order valence-corrected chi connectivity index (χ0v) is 10.4. The third kappa shape index (κ3) is 1.65. The van der Waals surface area contributed by atoms with Crippen LogP contribution in [0, 0.1) is 0 Å². The van der Waals surface area contributed by atoms with E-state index in [2.05, 4.69) is 41.7 Å². The van der Waals surface area contributed by atoms with Crippen LogP contribution >= 0.6 is 0 Å². The largest absolute Gasteiger partial charge is 0.487 e. The van der Waals surface area contributed by atoms with Gasteiger partial charge in [-0.2, -0.15) is 0 Å². The van der Waals surface area contributed by atoms with Gasteiger partial charge in [0.2, 0.25) is 0 Å². The van der Waals surface area contributed by atoms with E-state index in [-0.39, 0.29) is 0 Å². The zero-order valence-electron chi connectivity index (χ0n) is 10.4. The summed E-state index contributed by atoms with van der Waals surface area (Å²) < 4.78 is 5.86. The van der Waals surface area contributed by atoms with Crippen molar-refractivity contribution < 1.29 is 4.74 Å². The summed E-state index contributed by atoms with van der Waals surface area (Å²) in [5, 5.41) is 6.00. The van der Waals surface area contributed by atoms with E-state index in [0.717, 1.165) is 17.1 Å². The molecule has 0 amide bonds. The van der Waals surface area contributed by atoms with Crippen LogP contribution in [0.3, 0.4) is 0 Å². The second-order valence-electron chi connectivity index (χ2n) is 4.73. The Kier molecular flexibility index (Phi) is 2.21. The van der Waals surface area contributed by atoms with E-state index in [1.54, 1.807) is 0 Å². The lowest BCUT2D eigenvalue weighted by molar-refractivity contribution is 0.311. The molecule has 1 heterocycles. The van der Waals surface area contributed by atoms with Gasteiger partial charge >= 0.3 is 0 Å². The normalized spacial score (nSPS) is 12.8. The SMILES string of the molecule is c1ccc2c(c1)Nc1c(ccc3ccccc13)CO2. The Balaban J connectivity index is 1.97. The van der Waals surface area contributed by atoms with Crippen LogP contribution in [0.15, 0.2) is 60.7 Å². The molecule has 0 saturated carbocycles. The zero-order chi connectivity index (χ0) is 12.7. The van der Waals surface area contributed by atoms with Crippen molar-refractivity contribution in [2.24, 2.45) is 0 Å². The number of ether oxygens (including phenoxy) is 1. The number of hydrogen-bond donors (Lipinski definition) is 1. The van der Waals surface area contributed by atoms with Gasteiger partial charge in [0.05, 0.1) is 11.4 Å². The Labute approximate surface area is 111 Å². The molecule has 92 valence electrons. The van der Waals surface area contributed by atoms with E-state index in [1.807, 2.05) is 24.3 Å². The first-order valence-electron chi connectivity index (χ1n) is 6.41. The van der Waals surface area contributed by atoms with E-state index in [1.165, 1.54) is 16.3 Å².